The van der Waals surface area contributed by atoms with Gasteiger partial charge in [0.25, 0.3) is 10.0 Å². The molecule has 0 aliphatic carbocycles. The number of hydrogen-bond acceptors (Lipinski definition) is 6. The Morgan fingerprint density at radius 1 is 1.22 bits per heavy atom. The minimum Gasteiger partial charge on any atom is -0.280 e. The molecule has 1 N–H and O–H groups in total. The molecule has 0 amide bonds. The van der Waals surface area contributed by atoms with E-state index in [0.29, 0.717) is 11.3 Å². The molecule has 0 aliphatic rings. The Labute approximate surface area is 142 Å². The molecule has 0 saturated heterocycles. The van der Waals surface area contributed by atoms with Crippen LogP contribution in [-0.2, 0) is 10.0 Å². The Morgan fingerprint density at radius 2 is 1.96 bits per heavy atom. The van der Waals surface area contributed by atoms with Crippen molar-refractivity contribution in [2.75, 3.05) is 11.0 Å². The highest BCUT2D eigenvalue weighted by Gasteiger charge is 2.15. The maximum Gasteiger partial charge on any atom is 0.261 e. The molecule has 0 bridgehead atoms. The Hall–Kier alpha value is -2.08. The number of nitriles is 1. The maximum absolute atomic E-state index is 12.4. The minimum atomic E-state index is -3.69. The lowest BCUT2D eigenvalue weighted by Crippen LogP contribution is -2.12. The summed E-state index contributed by atoms with van der Waals surface area (Å²) in [6.45, 7) is 0. The zero-order chi connectivity index (χ0) is 16.4. The molecule has 23 heavy (non-hydrogen) atoms. The van der Waals surface area contributed by atoms with Crippen LogP contribution >= 0.6 is 23.1 Å². The van der Waals surface area contributed by atoms with Crippen molar-refractivity contribution in [3.05, 3.63) is 48.0 Å². The monoisotopic (exact) mass is 361 g/mol. The smallest absolute Gasteiger partial charge is 0.261 e. The summed E-state index contributed by atoms with van der Waals surface area (Å²) in [6, 6.07) is 13.0. The Balaban J connectivity index is 1.91. The molecule has 0 spiro atoms. The molecule has 0 fully saturated rings. The third-order valence-electron chi connectivity index (χ3n) is 3.09. The Morgan fingerprint density at radius 3 is 2.61 bits per heavy atom. The molecule has 0 atom stereocenters. The van der Waals surface area contributed by atoms with Crippen LogP contribution in [0.3, 0.4) is 0 Å². The van der Waals surface area contributed by atoms with Crippen LogP contribution in [0.4, 0.5) is 5.69 Å². The number of fused-ring (bicyclic) bond motifs is 1. The Bertz CT molecular complexity index is 1000. The SMILES string of the molecule is CSc1nc2ccc(NS(=O)(=O)c3ccc(C#N)cc3)cc2s1. The van der Waals surface area contributed by atoms with Crippen LogP contribution in [0.2, 0.25) is 0 Å². The molecule has 2 aromatic carbocycles. The van der Waals surface area contributed by atoms with Gasteiger partial charge in [0.15, 0.2) is 4.34 Å². The normalized spacial score (nSPS) is 11.3. The molecular weight excluding hydrogens is 350 g/mol. The fourth-order valence-corrected chi connectivity index (χ4v) is 4.56. The van der Waals surface area contributed by atoms with Crippen molar-refractivity contribution in [2.24, 2.45) is 0 Å². The van der Waals surface area contributed by atoms with Crippen LogP contribution < -0.4 is 4.72 Å². The molecule has 0 unspecified atom stereocenters. The predicted molar refractivity (Wildman–Crippen MR) is 93.4 cm³/mol. The van der Waals surface area contributed by atoms with Gasteiger partial charge in [-0.15, -0.1) is 11.3 Å². The number of nitrogens with one attached hydrogen (secondary N) is 1. The second-order valence-corrected chi connectivity index (χ2v) is 8.37. The third kappa shape index (κ3) is 3.32. The van der Waals surface area contributed by atoms with Crippen molar-refractivity contribution in [2.45, 2.75) is 9.24 Å². The summed E-state index contributed by atoms with van der Waals surface area (Å²) in [5, 5.41) is 8.77. The molecule has 116 valence electrons. The average Bonchev–Trinajstić information content (AvgIpc) is 2.97. The molecule has 3 aromatic rings. The van der Waals surface area contributed by atoms with E-state index in [1.54, 1.807) is 30.0 Å². The summed E-state index contributed by atoms with van der Waals surface area (Å²) in [6.07, 6.45) is 1.95. The first-order valence-corrected chi connectivity index (χ1v) is 10.0. The van der Waals surface area contributed by atoms with Crippen molar-refractivity contribution in [1.82, 2.24) is 4.98 Å². The summed E-state index contributed by atoms with van der Waals surface area (Å²) < 4.78 is 29.2. The lowest BCUT2D eigenvalue weighted by molar-refractivity contribution is 0.601. The first-order valence-electron chi connectivity index (χ1n) is 6.49. The van der Waals surface area contributed by atoms with Gasteiger partial charge in [0.1, 0.15) is 0 Å². The second kappa shape index (κ2) is 6.20. The zero-order valence-electron chi connectivity index (χ0n) is 12.0. The quantitative estimate of drug-likeness (QED) is 0.717. The van der Waals surface area contributed by atoms with Gasteiger partial charge in [-0.1, -0.05) is 11.8 Å². The number of anilines is 1. The fourth-order valence-electron chi connectivity index (χ4n) is 1.98. The summed E-state index contributed by atoms with van der Waals surface area (Å²) in [5.74, 6) is 0. The predicted octanol–water partition coefficient (Wildman–Crippen LogP) is 3.69. The van der Waals surface area contributed by atoms with Gasteiger partial charge in [0.2, 0.25) is 0 Å². The highest BCUT2D eigenvalue weighted by Crippen LogP contribution is 2.30. The van der Waals surface area contributed by atoms with Gasteiger partial charge in [0.05, 0.1) is 32.4 Å². The molecule has 0 aliphatic heterocycles. The molecule has 1 heterocycles. The largest absolute Gasteiger partial charge is 0.280 e. The van der Waals surface area contributed by atoms with Crippen LogP contribution in [0.1, 0.15) is 5.56 Å². The van der Waals surface area contributed by atoms with Gasteiger partial charge in [-0.2, -0.15) is 5.26 Å². The molecule has 0 saturated carbocycles. The number of sulfonamides is 1. The van der Waals surface area contributed by atoms with Crippen LogP contribution in [0.25, 0.3) is 10.2 Å². The van der Waals surface area contributed by atoms with Crippen molar-refractivity contribution in [3.8, 4) is 6.07 Å². The summed E-state index contributed by atoms with van der Waals surface area (Å²) in [4.78, 5) is 4.54. The lowest BCUT2D eigenvalue weighted by Gasteiger charge is -2.08. The second-order valence-electron chi connectivity index (χ2n) is 4.61. The van der Waals surface area contributed by atoms with E-state index in [2.05, 4.69) is 9.71 Å². The summed E-state index contributed by atoms with van der Waals surface area (Å²) in [5.41, 5.74) is 1.75. The van der Waals surface area contributed by atoms with Crippen molar-refractivity contribution in [1.29, 1.82) is 5.26 Å². The van der Waals surface area contributed by atoms with Gasteiger partial charge >= 0.3 is 0 Å². The number of aromatic nitrogens is 1. The van der Waals surface area contributed by atoms with E-state index in [4.69, 9.17) is 5.26 Å². The highest BCUT2D eigenvalue weighted by molar-refractivity contribution is 8.00. The summed E-state index contributed by atoms with van der Waals surface area (Å²) >= 11 is 3.08. The molecule has 1 aromatic heterocycles. The van der Waals surface area contributed by atoms with Gasteiger partial charge in [-0.25, -0.2) is 13.4 Å². The van der Waals surface area contributed by atoms with E-state index >= 15 is 0 Å². The maximum atomic E-state index is 12.4. The van der Waals surface area contributed by atoms with Gasteiger partial charge < -0.3 is 0 Å². The van der Waals surface area contributed by atoms with Crippen molar-refractivity contribution in [3.63, 3.8) is 0 Å². The number of thioether (sulfide) groups is 1. The van der Waals surface area contributed by atoms with Gasteiger partial charge in [0, 0.05) is 0 Å². The first kappa shape index (κ1) is 15.8. The van der Waals surface area contributed by atoms with Gasteiger partial charge in [-0.3, -0.25) is 4.72 Å². The molecule has 5 nitrogen and oxygen atoms in total. The van der Waals surface area contributed by atoms with Crippen LogP contribution in [0.5, 0.6) is 0 Å². The molecule has 0 radical (unpaired) electrons. The Kier molecular flexibility index (Phi) is 4.26. The minimum absolute atomic E-state index is 0.116. The number of hydrogen-bond donors (Lipinski definition) is 1. The van der Waals surface area contributed by atoms with Crippen molar-refractivity contribution < 1.29 is 8.42 Å². The highest BCUT2D eigenvalue weighted by atomic mass is 32.2. The zero-order valence-corrected chi connectivity index (χ0v) is 14.4. The third-order valence-corrected chi connectivity index (χ3v) is 6.49. The average molecular weight is 361 g/mol. The molecule has 3 rings (SSSR count). The van der Waals surface area contributed by atoms with Crippen LogP contribution in [-0.4, -0.2) is 19.7 Å². The van der Waals surface area contributed by atoms with Gasteiger partial charge in [-0.05, 0) is 48.7 Å². The first-order chi connectivity index (χ1) is 11.0. The summed E-state index contributed by atoms with van der Waals surface area (Å²) in [7, 11) is -3.69. The van der Waals surface area contributed by atoms with E-state index in [-0.39, 0.29) is 4.90 Å². The van der Waals surface area contributed by atoms with E-state index in [1.165, 1.54) is 35.6 Å². The number of rotatable bonds is 4. The van der Waals surface area contributed by atoms with E-state index < -0.39 is 10.0 Å². The fraction of sp³-hybridized carbons (Fsp3) is 0.0667. The molecule has 8 heteroatoms. The number of nitrogens with zero attached hydrogens (tertiary/aromatic N) is 2. The number of benzene rings is 2. The number of thiazole rings is 1. The van der Waals surface area contributed by atoms with E-state index in [9.17, 15) is 8.42 Å². The lowest BCUT2D eigenvalue weighted by atomic mass is 10.2. The van der Waals surface area contributed by atoms with E-state index in [1.807, 2.05) is 12.3 Å². The standard InChI is InChI=1S/C15H11N3O2S3/c1-21-15-17-13-7-4-11(8-14(13)22-15)18-23(19,20)12-5-2-10(9-16)3-6-12/h2-8,18H,1H3. The van der Waals surface area contributed by atoms with Crippen LogP contribution in [0.15, 0.2) is 51.7 Å². The van der Waals surface area contributed by atoms with Crippen molar-refractivity contribution >= 4 is 49.0 Å². The molecular formula is C15H11N3O2S3. The van der Waals surface area contributed by atoms with E-state index in [0.717, 1.165) is 14.6 Å². The topological polar surface area (TPSA) is 82.8 Å². The van der Waals surface area contributed by atoms with Crippen LogP contribution in [0, 0.1) is 11.3 Å².